The van der Waals surface area contributed by atoms with Gasteiger partial charge in [-0.3, -0.25) is 0 Å². The molecule has 0 aromatic heterocycles. The van der Waals surface area contributed by atoms with E-state index in [-0.39, 0.29) is 0 Å². The molecule has 1 spiro atoms. The minimum atomic E-state index is -0.725. The molecule has 2 N–H and O–H groups in total. The van der Waals surface area contributed by atoms with Crippen molar-refractivity contribution in [3.8, 4) is 45.2 Å². The van der Waals surface area contributed by atoms with Gasteiger partial charge in [-0.2, -0.15) is 0 Å². The van der Waals surface area contributed by atoms with Crippen LogP contribution in [-0.4, -0.2) is 5.84 Å². The number of nitrogens with two attached hydrogens (primary N) is 1. The minimum absolute atomic E-state index is 0.455. The Bertz CT molecular complexity index is 3180. The van der Waals surface area contributed by atoms with Gasteiger partial charge >= 0.3 is 0 Å². The van der Waals surface area contributed by atoms with Gasteiger partial charge in [0, 0.05) is 22.3 Å². The molecule has 2 aliphatic carbocycles. The molecule has 0 amide bonds. The number of allylic oxidation sites excluding steroid dienone is 1. The lowest BCUT2D eigenvalue weighted by molar-refractivity contribution is 0.792. The van der Waals surface area contributed by atoms with Gasteiger partial charge in [0.05, 0.1) is 11.1 Å². The number of nitrogens with zero attached hydrogens (tertiary/aromatic N) is 1. The molecule has 0 saturated carbocycles. The summed E-state index contributed by atoms with van der Waals surface area (Å²) in [6.45, 7) is 0. The third kappa shape index (κ3) is 5.25. The summed E-state index contributed by atoms with van der Waals surface area (Å²) in [6.07, 6.45) is 0. The van der Waals surface area contributed by atoms with Crippen molar-refractivity contribution in [2.45, 2.75) is 5.41 Å². The molecule has 0 fully saturated rings. The number of hydrogen-bond acceptors (Lipinski definition) is 1. The Balaban J connectivity index is 1.15. The smallest absolute Gasteiger partial charge is 0.131 e. The van der Waals surface area contributed by atoms with Gasteiger partial charge in [0.15, 0.2) is 0 Å². The molecule has 9 aromatic rings. The molecule has 11 rings (SSSR count). The van der Waals surface area contributed by atoms with Crippen molar-refractivity contribution in [3.05, 3.63) is 245 Å². The first-order valence-electron chi connectivity index (χ1n) is 19.7. The zero-order valence-corrected chi connectivity index (χ0v) is 31.7. The van der Waals surface area contributed by atoms with Gasteiger partial charge in [0.1, 0.15) is 5.84 Å². The van der Waals surface area contributed by atoms with E-state index in [0.717, 1.165) is 55.4 Å². The summed E-state index contributed by atoms with van der Waals surface area (Å²) < 4.78 is 0. The molecule has 2 aliphatic rings. The van der Waals surface area contributed by atoms with E-state index in [1.807, 2.05) is 30.3 Å². The lowest BCUT2D eigenvalue weighted by Crippen LogP contribution is -2.27. The van der Waals surface area contributed by atoms with Gasteiger partial charge in [-0.15, -0.1) is 0 Å². The van der Waals surface area contributed by atoms with Crippen LogP contribution >= 0.6 is 0 Å². The fraction of sp³-hybridized carbons (Fsp3) is 0.0179. The molecular weight excluding hydrogens is 701 g/mol. The van der Waals surface area contributed by atoms with E-state index < -0.39 is 5.41 Å². The molecule has 0 aliphatic heterocycles. The maximum atomic E-state index is 6.93. The summed E-state index contributed by atoms with van der Waals surface area (Å²) in [5, 5.41) is 4.77. The summed E-state index contributed by atoms with van der Waals surface area (Å²) in [5.41, 5.74) is 21.5. The van der Waals surface area contributed by atoms with Crippen molar-refractivity contribution in [2.24, 2.45) is 10.7 Å². The van der Waals surface area contributed by atoms with Crippen LogP contribution in [0.3, 0.4) is 0 Å². The van der Waals surface area contributed by atoms with Gasteiger partial charge in [0.25, 0.3) is 0 Å². The third-order valence-electron chi connectivity index (χ3n) is 12.0. The van der Waals surface area contributed by atoms with Crippen molar-refractivity contribution >= 4 is 33.1 Å². The summed E-state index contributed by atoms with van der Waals surface area (Å²) >= 11 is 0. The normalized spacial score (nSPS) is 13.6. The molecule has 0 heterocycles. The van der Waals surface area contributed by atoms with Crippen LogP contribution in [0.4, 0.5) is 0 Å². The predicted octanol–water partition coefficient (Wildman–Crippen LogP) is 12.8. The second kappa shape index (κ2) is 13.5. The second-order valence-electron chi connectivity index (χ2n) is 15.1. The van der Waals surface area contributed by atoms with Crippen LogP contribution in [0.5, 0.6) is 0 Å². The molecule has 0 unspecified atom stereocenters. The topological polar surface area (TPSA) is 38.4 Å². The van der Waals surface area contributed by atoms with Crippen LogP contribution in [0.1, 0.15) is 33.4 Å². The Kier molecular flexibility index (Phi) is 7.81. The lowest BCUT2D eigenvalue weighted by atomic mass is 9.69. The molecule has 0 saturated heterocycles. The number of amidine groups is 1. The van der Waals surface area contributed by atoms with Gasteiger partial charge in [-0.25, -0.2) is 4.99 Å². The SMILES string of the molecule is NC(=NC1=C(C#Cc2cccc3ccccc23)C2(c3cc(-c4ccc(-c5ccc6ccccc6c5)cc4)ccc31)c1ccccc1-c1ccccc12)c1ccccc1. The zero-order chi connectivity index (χ0) is 38.6. The van der Waals surface area contributed by atoms with E-state index in [0.29, 0.717) is 5.84 Å². The van der Waals surface area contributed by atoms with Crippen LogP contribution in [0.25, 0.3) is 60.6 Å². The molecule has 270 valence electrons. The quantitative estimate of drug-likeness (QED) is 0.109. The lowest BCUT2D eigenvalue weighted by Gasteiger charge is -2.30. The molecule has 0 atom stereocenters. The number of rotatable bonds is 4. The van der Waals surface area contributed by atoms with E-state index in [4.69, 9.17) is 10.7 Å². The number of benzene rings is 9. The monoisotopic (exact) mass is 736 g/mol. The average Bonchev–Trinajstić information content (AvgIpc) is 3.74. The largest absolute Gasteiger partial charge is 0.383 e. The molecular formula is C56H36N2. The molecule has 58 heavy (non-hydrogen) atoms. The Morgan fingerprint density at radius 1 is 0.414 bits per heavy atom. The minimum Gasteiger partial charge on any atom is -0.383 e. The van der Waals surface area contributed by atoms with Crippen molar-refractivity contribution in [1.29, 1.82) is 0 Å². The van der Waals surface area contributed by atoms with E-state index >= 15 is 0 Å². The van der Waals surface area contributed by atoms with Crippen LogP contribution in [0, 0.1) is 11.8 Å². The van der Waals surface area contributed by atoms with E-state index in [1.54, 1.807) is 0 Å². The highest BCUT2D eigenvalue weighted by Crippen LogP contribution is 2.62. The van der Waals surface area contributed by atoms with Crippen LogP contribution in [0.2, 0.25) is 0 Å². The molecule has 0 bridgehead atoms. The van der Waals surface area contributed by atoms with Crippen molar-refractivity contribution in [3.63, 3.8) is 0 Å². The second-order valence-corrected chi connectivity index (χ2v) is 15.1. The van der Waals surface area contributed by atoms with E-state index in [2.05, 4.69) is 188 Å². The maximum Gasteiger partial charge on any atom is 0.131 e. The molecule has 0 radical (unpaired) electrons. The molecule has 9 aromatic carbocycles. The van der Waals surface area contributed by atoms with Gasteiger partial charge in [0.2, 0.25) is 0 Å². The summed E-state index contributed by atoms with van der Waals surface area (Å²) in [4.78, 5) is 5.35. The summed E-state index contributed by atoms with van der Waals surface area (Å²) in [7, 11) is 0. The average molecular weight is 737 g/mol. The van der Waals surface area contributed by atoms with Gasteiger partial charge in [-0.05, 0) is 89.8 Å². The summed E-state index contributed by atoms with van der Waals surface area (Å²) in [5.74, 6) is 7.96. The van der Waals surface area contributed by atoms with Gasteiger partial charge in [-0.1, -0.05) is 200 Å². The number of aliphatic imine (C=N–C) groups is 1. The first-order chi connectivity index (χ1) is 28.7. The Morgan fingerprint density at radius 2 is 0.983 bits per heavy atom. The van der Waals surface area contributed by atoms with Crippen molar-refractivity contribution in [1.82, 2.24) is 0 Å². The Hall–Kier alpha value is -7.73. The highest BCUT2D eigenvalue weighted by Gasteiger charge is 2.53. The first kappa shape index (κ1) is 33.6. The van der Waals surface area contributed by atoms with Crippen LogP contribution < -0.4 is 5.73 Å². The standard InChI is InChI=1S/C56H36N2/c57-55(42-15-2-1-3-16-42)58-54-49-33-31-45(39-27-25-38(26-28-39)44-30-29-37-13-4-5-17-43(37)35-44)36-53(49)56(50-23-10-8-21-47(50)48-22-9-11-24-51(48)56)52(54)34-32-41-19-12-18-40-14-6-7-20-46(40)41/h1-31,33,35-36H,(H2,57,58). The third-order valence-corrected chi connectivity index (χ3v) is 12.0. The fourth-order valence-corrected chi connectivity index (χ4v) is 9.23. The van der Waals surface area contributed by atoms with Gasteiger partial charge < -0.3 is 5.73 Å². The van der Waals surface area contributed by atoms with E-state index in [1.165, 1.54) is 44.2 Å². The maximum absolute atomic E-state index is 6.93. The fourth-order valence-electron chi connectivity index (χ4n) is 9.23. The van der Waals surface area contributed by atoms with Crippen molar-refractivity contribution in [2.75, 3.05) is 0 Å². The summed E-state index contributed by atoms with van der Waals surface area (Å²) in [6, 6.07) is 73.4. The first-order valence-corrected chi connectivity index (χ1v) is 19.7. The zero-order valence-electron chi connectivity index (χ0n) is 31.7. The van der Waals surface area contributed by atoms with Crippen LogP contribution in [0.15, 0.2) is 217 Å². The Labute approximate surface area is 338 Å². The number of fused-ring (bicyclic) bond motifs is 9. The molecule has 2 heteroatoms. The predicted molar refractivity (Wildman–Crippen MR) is 241 cm³/mol. The Morgan fingerprint density at radius 3 is 1.72 bits per heavy atom. The van der Waals surface area contributed by atoms with E-state index in [9.17, 15) is 0 Å². The molecule has 2 nitrogen and oxygen atoms in total. The highest BCUT2D eigenvalue weighted by atomic mass is 14.9. The number of hydrogen-bond donors (Lipinski definition) is 1. The van der Waals surface area contributed by atoms with Crippen molar-refractivity contribution < 1.29 is 0 Å². The van der Waals surface area contributed by atoms with Crippen LogP contribution in [-0.2, 0) is 5.41 Å². The highest BCUT2D eigenvalue weighted by molar-refractivity contribution is 6.04.